The van der Waals surface area contributed by atoms with Gasteiger partial charge in [0.05, 0.1) is 16.1 Å². The van der Waals surface area contributed by atoms with E-state index in [0.29, 0.717) is 0 Å². The van der Waals surface area contributed by atoms with Gasteiger partial charge < -0.3 is 14.2 Å². The molecule has 0 aromatic heterocycles. The molecule has 0 bridgehead atoms. The van der Waals surface area contributed by atoms with Gasteiger partial charge in [-0.2, -0.15) is 5.26 Å². The number of rotatable bonds is 5. The molecule has 1 aliphatic rings. The monoisotopic (exact) mass is 357 g/mol. The molecule has 1 aromatic carbocycles. The summed E-state index contributed by atoms with van der Waals surface area (Å²) < 4.78 is 30.7. The van der Waals surface area contributed by atoms with Crippen LogP contribution in [0.1, 0.15) is 31.7 Å². The van der Waals surface area contributed by atoms with E-state index in [1.165, 1.54) is 12.1 Å². The van der Waals surface area contributed by atoms with Gasteiger partial charge in [-0.1, -0.05) is 0 Å². The Morgan fingerprint density at radius 1 is 1.52 bits per heavy atom. The third kappa shape index (κ3) is 4.40. The standard InChI is InChI=1S/C15H17BrFNO3/c1-10(21-13-4-2-3-7-19-13)9-20-12-6-5-11(8-18)14(16)15(12)17/h5-6,10,13H,2-4,7,9H2,1H3. The second-order valence-electron chi connectivity index (χ2n) is 4.90. The van der Waals surface area contributed by atoms with Crippen molar-refractivity contribution in [3.05, 3.63) is 28.0 Å². The zero-order valence-electron chi connectivity index (χ0n) is 11.8. The number of hydrogen-bond acceptors (Lipinski definition) is 4. The molecule has 1 heterocycles. The Labute approximate surface area is 131 Å². The van der Waals surface area contributed by atoms with Crippen molar-refractivity contribution >= 4 is 15.9 Å². The van der Waals surface area contributed by atoms with Crippen molar-refractivity contribution < 1.29 is 18.6 Å². The molecule has 4 nitrogen and oxygen atoms in total. The van der Waals surface area contributed by atoms with Crippen LogP contribution in [0.3, 0.4) is 0 Å². The van der Waals surface area contributed by atoms with E-state index in [1.54, 1.807) is 0 Å². The first-order chi connectivity index (χ1) is 10.1. The summed E-state index contributed by atoms with van der Waals surface area (Å²) in [6, 6.07) is 4.86. The first kappa shape index (κ1) is 16.2. The predicted octanol–water partition coefficient (Wildman–Crippen LogP) is 3.77. The molecule has 21 heavy (non-hydrogen) atoms. The molecule has 1 fully saturated rings. The summed E-state index contributed by atoms with van der Waals surface area (Å²) >= 11 is 3.05. The van der Waals surface area contributed by atoms with Crippen LogP contribution in [0.2, 0.25) is 0 Å². The summed E-state index contributed by atoms with van der Waals surface area (Å²) in [6.45, 7) is 2.79. The summed E-state index contributed by atoms with van der Waals surface area (Å²) in [5, 5.41) is 8.81. The first-order valence-corrected chi connectivity index (χ1v) is 7.69. The normalized spacial score (nSPS) is 19.8. The van der Waals surface area contributed by atoms with E-state index in [0.717, 1.165) is 25.9 Å². The number of hydrogen-bond donors (Lipinski definition) is 0. The Kier molecular flexibility index (Phi) is 5.97. The van der Waals surface area contributed by atoms with Gasteiger partial charge in [-0.3, -0.25) is 0 Å². The molecule has 114 valence electrons. The van der Waals surface area contributed by atoms with Crippen molar-refractivity contribution in [1.29, 1.82) is 5.26 Å². The van der Waals surface area contributed by atoms with Gasteiger partial charge >= 0.3 is 0 Å². The van der Waals surface area contributed by atoms with E-state index in [4.69, 9.17) is 19.5 Å². The SMILES string of the molecule is CC(COc1ccc(C#N)c(Br)c1F)OC1CCCCO1. The zero-order valence-corrected chi connectivity index (χ0v) is 13.4. The Morgan fingerprint density at radius 3 is 3.00 bits per heavy atom. The maximum Gasteiger partial charge on any atom is 0.180 e. The zero-order chi connectivity index (χ0) is 15.2. The van der Waals surface area contributed by atoms with E-state index in [-0.39, 0.29) is 34.8 Å². The van der Waals surface area contributed by atoms with Crippen molar-refractivity contribution in [2.75, 3.05) is 13.2 Å². The van der Waals surface area contributed by atoms with Gasteiger partial charge in [0.15, 0.2) is 17.9 Å². The number of nitrogens with zero attached hydrogens (tertiary/aromatic N) is 1. The fourth-order valence-electron chi connectivity index (χ4n) is 2.05. The number of ether oxygens (including phenoxy) is 3. The van der Waals surface area contributed by atoms with Gasteiger partial charge in [0.25, 0.3) is 0 Å². The lowest BCUT2D eigenvalue weighted by atomic mass is 10.2. The maximum absolute atomic E-state index is 14.0. The van der Waals surface area contributed by atoms with Crippen LogP contribution < -0.4 is 4.74 Å². The molecular formula is C15H17BrFNO3. The van der Waals surface area contributed by atoms with Crippen molar-refractivity contribution in [2.24, 2.45) is 0 Å². The number of benzene rings is 1. The van der Waals surface area contributed by atoms with E-state index in [1.807, 2.05) is 13.0 Å². The average molecular weight is 358 g/mol. The van der Waals surface area contributed by atoms with Crippen LogP contribution in [0.15, 0.2) is 16.6 Å². The molecular weight excluding hydrogens is 341 g/mol. The lowest BCUT2D eigenvalue weighted by molar-refractivity contribution is -0.189. The van der Waals surface area contributed by atoms with Gasteiger partial charge in [-0.25, -0.2) is 4.39 Å². The van der Waals surface area contributed by atoms with Gasteiger partial charge in [0, 0.05) is 6.61 Å². The highest BCUT2D eigenvalue weighted by Crippen LogP contribution is 2.28. The summed E-state index contributed by atoms with van der Waals surface area (Å²) in [4.78, 5) is 0. The lowest BCUT2D eigenvalue weighted by Gasteiger charge is -2.26. The van der Waals surface area contributed by atoms with E-state index >= 15 is 0 Å². The molecule has 1 saturated heterocycles. The molecule has 0 N–H and O–H groups in total. The molecule has 2 unspecified atom stereocenters. The second kappa shape index (κ2) is 7.74. The molecule has 2 rings (SSSR count). The van der Waals surface area contributed by atoms with Gasteiger partial charge in [-0.15, -0.1) is 0 Å². The number of nitriles is 1. The van der Waals surface area contributed by atoms with Gasteiger partial charge in [0.1, 0.15) is 12.7 Å². The van der Waals surface area contributed by atoms with Crippen molar-refractivity contribution in [2.45, 2.75) is 38.6 Å². The lowest BCUT2D eigenvalue weighted by Crippen LogP contribution is -2.29. The van der Waals surface area contributed by atoms with Crippen molar-refractivity contribution in [3.63, 3.8) is 0 Å². The van der Waals surface area contributed by atoms with E-state index in [2.05, 4.69) is 15.9 Å². The smallest absolute Gasteiger partial charge is 0.180 e. The fourth-order valence-corrected chi connectivity index (χ4v) is 2.47. The number of halogens is 2. The van der Waals surface area contributed by atoms with Crippen molar-refractivity contribution in [1.82, 2.24) is 0 Å². The van der Waals surface area contributed by atoms with Gasteiger partial charge in [0.2, 0.25) is 0 Å². The van der Waals surface area contributed by atoms with E-state index < -0.39 is 5.82 Å². The molecule has 1 aliphatic heterocycles. The molecule has 6 heteroatoms. The summed E-state index contributed by atoms with van der Waals surface area (Å²) in [6.07, 6.45) is 2.63. The minimum Gasteiger partial charge on any atom is -0.488 e. The molecule has 1 aromatic rings. The van der Waals surface area contributed by atoms with Crippen molar-refractivity contribution in [3.8, 4) is 11.8 Å². The topological polar surface area (TPSA) is 51.5 Å². The maximum atomic E-state index is 14.0. The Morgan fingerprint density at radius 2 is 2.33 bits per heavy atom. The van der Waals surface area contributed by atoms with Crippen LogP contribution in [0.5, 0.6) is 5.75 Å². The highest BCUT2D eigenvalue weighted by Gasteiger charge is 2.18. The quantitative estimate of drug-likeness (QED) is 0.804. The minimum absolute atomic E-state index is 0.0980. The molecule has 2 atom stereocenters. The third-order valence-electron chi connectivity index (χ3n) is 3.16. The van der Waals surface area contributed by atoms with Crippen LogP contribution in [0.25, 0.3) is 0 Å². The Balaban J connectivity index is 1.87. The fraction of sp³-hybridized carbons (Fsp3) is 0.533. The highest BCUT2D eigenvalue weighted by atomic mass is 79.9. The van der Waals surface area contributed by atoms with Gasteiger partial charge in [-0.05, 0) is 54.2 Å². The minimum atomic E-state index is -0.574. The first-order valence-electron chi connectivity index (χ1n) is 6.89. The Bertz CT molecular complexity index is 526. The molecule has 0 spiro atoms. The second-order valence-corrected chi connectivity index (χ2v) is 5.70. The largest absolute Gasteiger partial charge is 0.488 e. The molecule has 0 saturated carbocycles. The average Bonchev–Trinajstić information content (AvgIpc) is 2.50. The summed E-state index contributed by atoms with van der Waals surface area (Å²) in [5.41, 5.74) is 0.236. The van der Waals surface area contributed by atoms with Crippen LogP contribution >= 0.6 is 15.9 Å². The predicted molar refractivity (Wildman–Crippen MR) is 78.4 cm³/mol. The highest BCUT2D eigenvalue weighted by molar-refractivity contribution is 9.10. The summed E-state index contributed by atoms with van der Waals surface area (Å²) in [5.74, 6) is -0.476. The van der Waals surface area contributed by atoms with Crippen LogP contribution in [0, 0.1) is 17.1 Å². The molecule has 0 amide bonds. The third-order valence-corrected chi connectivity index (χ3v) is 3.94. The molecule has 0 radical (unpaired) electrons. The Hall–Kier alpha value is -1.16. The van der Waals surface area contributed by atoms with Crippen LogP contribution in [0.4, 0.5) is 4.39 Å². The molecule has 0 aliphatic carbocycles. The van der Waals surface area contributed by atoms with E-state index in [9.17, 15) is 4.39 Å². The van der Waals surface area contributed by atoms with Crippen LogP contribution in [-0.4, -0.2) is 25.6 Å². The summed E-state index contributed by atoms with van der Waals surface area (Å²) in [7, 11) is 0. The van der Waals surface area contributed by atoms with Crippen LogP contribution in [-0.2, 0) is 9.47 Å².